The number of rotatable bonds is 2. The molecule has 0 unspecified atom stereocenters. The van der Waals surface area contributed by atoms with Gasteiger partial charge in [-0.3, -0.25) is 4.98 Å². The minimum Gasteiger partial charge on any atom is -0.436 e. The summed E-state index contributed by atoms with van der Waals surface area (Å²) in [6.45, 7) is 0. The van der Waals surface area contributed by atoms with Crippen LogP contribution in [0.25, 0.3) is 0 Å². The van der Waals surface area contributed by atoms with Gasteiger partial charge in [0.25, 0.3) is 0 Å². The summed E-state index contributed by atoms with van der Waals surface area (Å²) in [6.07, 6.45) is 4.58. The Balaban J connectivity index is 2.29. The maximum atomic E-state index is 5.79. The number of hydrogen-bond acceptors (Lipinski definition) is 4. The molecule has 76 valence electrons. The molecular formula is C9H5BrClN3O. The molecule has 2 heterocycles. The number of pyridine rings is 1. The van der Waals surface area contributed by atoms with Crippen LogP contribution in [0.3, 0.4) is 0 Å². The molecule has 0 aliphatic carbocycles. The van der Waals surface area contributed by atoms with E-state index in [-0.39, 0.29) is 0 Å². The molecule has 2 aromatic rings. The van der Waals surface area contributed by atoms with Gasteiger partial charge in [0.15, 0.2) is 5.15 Å². The highest BCUT2D eigenvalue weighted by molar-refractivity contribution is 9.10. The molecular weight excluding hydrogens is 281 g/mol. The SMILES string of the molecule is Clc1ncnc(Oc2cccnc2)c1Br. The first-order valence-electron chi connectivity index (χ1n) is 4.01. The molecule has 0 aliphatic heterocycles. The van der Waals surface area contributed by atoms with Crippen molar-refractivity contribution in [1.29, 1.82) is 0 Å². The van der Waals surface area contributed by atoms with Crippen molar-refractivity contribution in [2.45, 2.75) is 0 Å². The normalized spacial score (nSPS) is 10.0. The van der Waals surface area contributed by atoms with Gasteiger partial charge >= 0.3 is 0 Å². The fourth-order valence-electron chi connectivity index (χ4n) is 0.924. The van der Waals surface area contributed by atoms with Crippen molar-refractivity contribution in [1.82, 2.24) is 15.0 Å². The zero-order chi connectivity index (χ0) is 10.7. The van der Waals surface area contributed by atoms with Gasteiger partial charge in [-0.1, -0.05) is 11.6 Å². The first-order valence-corrected chi connectivity index (χ1v) is 5.18. The van der Waals surface area contributed by atoms with Crippen LogP contribution in [0, 0.1) is 0 Å². The Bertz CT molecular complexity index is 466. The molecule has 2 rings (SSSR count). The first kappa shape index (κ1) is 10.3. The fourth-order valence-corrected chi connectivity index (χ4v) is 1.33. The van der Waals surface area contributed by atoms with Gasteiger partial charge in [0.2, 0.25) is 5.88 Å². The number of ether oxygens (including phenoxy) is 1. The minimum absolute atomic E-state index is 0.309. The monoisotopic (exact) mass is 285 g/mol. The standard InChI is InChI=1S/C9H5BrClN3O/c10-7-8(11)13-5-14-9(7)15-6-2-1-3-12-4-6/h1-5H. The van der Waals surface area contributed by atoms with Crippen molar-refractivity contribution in [3.63, 3.8) is 0 Å². The van der Waals surface area contributed by atoms with Gasteiger partial charge in [0.05, 0.1) is 6.20 Å². The molecule has 0 saturated heterocycles. The van der Waals surface area contributed by atoms with Gasteiger partial charge in [-0.25, -0.2) is 9.97 Å². The molecule has 0 saturated carbocycles. The van der Waals surface area contributed by atoms with Gasteiger partial charge in [-0.2, -0.15) is 0 Å². The van der Waals surface area contributed by atoms with Gasteiger partial charge < -0.3 is 4.74 Å². The number of hydrogen-bond donors (Lipinski definition) is 0. The molecule has 0 amide bonds. The zero-order valence-electron chi connectivity index (χ0n) is 7.39. The molecule has 4 nitrogen and oxygen atoms in total. The lowest BCUT2D eigenvalue weighted by Gasteiger charge is -2.05. The highest BCUT2D eigenvalue weighted by Crippen LogP contribution is 2.30. The summed E-state index contributed by atoms with van der Waals surface area (Å²) in [6, 6.07) is 3.54. The van der Waals surface area contributed by atoms with E-state index in [1.807, 2.05) is 0 Å². The molecule has 6 heteroatoms. The van der Waals surface area contributed by atoms with E-state index >= 15 is 0 Å². The predicted octanol–water partition coefficient (Wildman–Crippen LogP) is 3.08. The average molecular weight is 287 g/mol. The average Bonchev–Trinajstić information content (AvgIpc) is 2.26. The largest absolute Gasteiger partial charge is 0.436 e. The van der Waals surface area contributed by atoms with E-state index in [0.717, 1.165) is 0 Å². The molecule has 0 bridgehead atoms. The summed E-state index contributed by atoms with van der Waals surface area (Å²) in [5.41, 5.74) is 0. The molecule has 0 spiro atoms. The number of halogens is 2. The van der Waals surface area contributed by atoms with E-state index in [9.17, 15) is 0 Å². The first-order chi connectivity index (χ1) is 7.27. The maximum absolute atomic E-state index is 5.79. The van der Waals surface area contributed by atoms with Crippen LogP contribution in [0.15, 0.2) is 35.3 Å². The van der Waals surface area contributed by atoms with E-state index < -0.39 is 0 Å². The quantitative estimate of drug-likeness (QED) is 0.796. The molecule has 15 heavy (non-hydrogen) atoms. The van der Waals surface area contributed by atoms with E-state index in [1.165, 1.54) is 6.33 Å². The Hall–Kier alpha value is -1.20. The lowest BCUT2D eigenvalue weighted by molar-refractivity contribution is 0.456. The number of aromatic nitrogens is 3. The lowest BCUT2D eigenvalue weighted by Crippen LogP contribution is -1.91. The van der Waals surface area contributed by atoms with Crippen LogP contribution in [0.1, 0.15) is 0 Å². The molecule has 0 fully saturated rings. The van der Waals surface area contributed by atoms with Crippen LogP contribution in [0.4, 0.5) is 0 Å². The Labute approximate surface area is 99.4 Å². The molecule has 2 aromatic heterocycles. The summed E-state index contributed by atoms with van der Waals surface area (Å²) >= 11 is 9.02. The van der Waals surface area contributed by atoms with Crippen LogP contribution >= 0.6 is 27.5 Å². The molecule has 0 aromatic carbocycles. The summed E-state index contributed by atoms with van der Waals surface area (Å²) in [5.74, 6) is 0.955. The third kappa shape index (κ3) is 2.43. The second-order valence-electron chi connectivity index (χ2n) is 2.57. The smallest absolute Gasteiger partial charge is 0.238 e. The van der Waals surface area contributed by atoms with Crippen molar-refractivity contribution < 1.29 is 4.74 Å². The van der Waals surface area contributed by atoms with E-state index in [1.54, 1.807) is 24.5 Å². The van der Waals surface area contributed by atoms with Crippen LogP contribution in [-0.2, 0) is 0 Å². The van der Waals surface area contributed by atoms with Crippen molar-refractivity contribution >= 4 is 27.5 Å². The summed E-state index contributed by atoms with van der Waals surface area (Å²) in [5, 5.41) is 0.309. The van der Waals surface area contributed by atoms with Crippen LogP contribution < -0.4 is 4.74 Å². The summed E-state index contributed by atoms with van der Waals surface area (Å²) < 4.78 is 5.97. The predicted molar refractivity (Wildman–Crippen MR) is 59.1 cm³/mol. The second kappa shape index (κ2) is 4.55. The van der Waals surface area contributed by atoms with Crippen molar-refractivity contribution in [2.24, 2.45) is 0 Å². The second-order valence-corrected chi connectivity index (χ2v) is 3.73. The number of nitrogens with zero attached hydrogens (tertiary/aromatic N) is 3. The Morgan fingerprint density at radius 1 is 1.33 bits per heavy atom. The van der Waals surface area contributed by atoms with Crippen LogP contribution in [-0.4, -0.2) is 15.0 Å². The maximum Gasteiger partial charge on any atom is 0.238 e. The van der Waals surface area contributed by atoms with Crippen molar-refractivity contribution in [3.05, 3.63) is 40.5 Å². The Morgan fingerprint density at radius 3 is 2.93 bits per heavy atom. The summed E-state index contributed by atoms with van der Waals surface area (Å²) in [7, 11) is 0. The Kier molecular flexibility index (Phi) is 3.13. The topological polar surface area (TPSA) is 47.9 Å². The van der Waals surface area contributed by atoms with Gasteiger partial charge in [0.1, 0.15) is 16.5 Å². The third-order valence-corrected chi connectivity index (χ3v) is 2.79. The lowest BCUT2D eigenvalue weighted by atomic mass is 10.5. The molecule has 0 atom stereocenters. The molecule has 0 aliphatic rings. The highest BCUT2D eigenvalue weighted by Gasteiger charge is 2.08. The van der Waals surface area contributed by atoms with Gasteiger partial charge in [0, 0.05) is 6.20 Å². The molecule has 0 N–H and O–H groups in total. The minimum atomic E-state index is 0.309. The van der Waals surface area contributed by atoms with E-state index in [4.69, 9.17) is 16.3 Å². The summed E-state index contributed by atoms with van der Waals surface area (Å²) in [4.78, 5) is 11.7. The van der Waals surface area contributed by atoms with Gasteiger partial charge in [-0.05, 0) is 28.1 Å². The van der Waals surface area contributed by atoms with Crippen molar-refractivity contribution in [3.8, 4) is 11.6 Å². The Morgan fingerprint density at radius 2 is 2.20 bits per heavy atom. The van der Waals surface area contributed by atoms with E-state index in [0.29, 0.717) is 21.3 Å². The van der Waals surface area contributed by atoms with E-state index in [2.05, 4.69) is 30.9 Å². The highest BCUT2D eigenvalue weighted by atomic mass is 79.9. The zero-order valence-corrected chi connectivity index (χ0v) is 9.73. The van der Waals surface area contributed by atoms with Crippen molar-refractivity contribution in [2.75, 3.05) is 0 Å². The third-order valence-electron chi connectivity index (χ3n) is 1.56. The van der Waals surface area contributed by atoms with Crippen LogP contribution in [0.2, 0.25) is 5.15 Å². The van der Waals surface area contributed by atoms with Crippen LogP contribution in [0.5, 0.6) is 11.6 Å². The van der Waals surface area contributed by atoms with Gasteiger partial charge in [-0.15, -0.1) is 0 Å². The fraction of sp³-hybridized carbons (Fsp3) is 0. The molecule has 0 radical (unpaired) electrons.